The molecule has 0 spiro atoms. The van der Waals surface area contributed by atoms with Gasteiger partial charge in [-0.15, -0.1) is 11.8 Å². The summed E-state index contributed by atoms with van der Waals surface area (Å²) in [6.07, 6.45) is 2.13. The number of Topliss-reactive ketones (excluding diaryl/α,β-unsaturated/α-hetero) is 1. The molecule has 0 radical (unpaired) electrons. The van der Waals surface area contributed by atoms with E-state index in [1.54, 1.807) is 18.2 Å². The molecule has 0 atom stereocenters. The lowest BCUT2D eigenvalue weighted by Crippen LogP contribution is -2.27. The maximum absolute atomic E-state index is 11.9. The van der Waals surface area contributed by atoms with Crippen molar-refractivity contribution in [3.05, 3.63) is 33.8 Å². The predicted molar refractivity (Wildman–Crippen MR) is 79.3 cm³/mol. The molecule has 1 aromatic carbocycles. The molecule has 0 saturated heterocycles. The standard InChI is InChI=1S/C13H13Cl2NO2S/c14-8-1-4-11(15)10(5-8)12(17)6-19-7-13(18)16-9-2-3-9/h1,4-5,9H,2-3,6-7H2,(H,16,18). The number of amides is 1. The van der Waals surface area contributed by atoms with Gasteiger partial charge in [-0.2, -0.15) is 0 Å². The molecule has 3 nitrogen and oxygen atoms in total. The third-order valence-corrected chi connectivity index (χ3v) is 4.13. The van der Waals surface area contributed by atoms with Crippen LogP contribution in [0.2, 0.25) is 10.0 Å². The van der Waals surface area contributed by atoms with Crippen LogP contribution in [0.5, 0.6) is 0 Å². The van der Waals surface area contributed by atoms with E-state index in [2.05, 4.69) is 5.32 Å². The molecule has 1 amide bonds. The van der Waals surface area contributed by atoms with Crippen molar-refractivity contribution in [2.75, 3.05) is 11.5 Å². The van der Waals surface area contributed by atoms with Gasteiger partial charge in [0.15, 0.2) is 5.78 Å². The highest BCUT2D eigenvalue weighted by atomic mass is 35.5. The van der Waals surface area contributed by atoms with Crippen LogP contribution in [-0.4, -0.2) is 29.2 Å². The quantitative estimate of drug-likeness (QED) is 0.820. The highest BCUT2D eigenvalue weighted by Gasteiger charge is 2.23. The van der Waals surface area contributed by atoms with E-state index in [-0.39, 0.29) is 17.4 Å². The molecule has 102 valence electrons. The van der Waals surface area contributed by atoms with E-state index in [0.29, 0.717) is 27.4 Å². The van der Waals surface area contributed by atoms with Crippen LogP contribution in [0.1, 0.15) is 23.2 Å². The summed E-state index contributed by atoms with van der Waals surface area (Å²) in [7, 11) is 0. The van der Waals surface area contributed by atoms with E-state index >= 15 is 0 Å². The number of halogens is 2. The summed E-state index contributed by atoms with van der Waals surface area (Å²) in [5.41, 5.74) is 0.407. The molecule has 1 aromatic rings. The first-order chi connectivity index (χ1) is 9.06. The van der Waals surface area contributed by atoms with E-state index in [9.17, 15) is 9.59 Å². The number of benzene rings is 1. The molecule has 1 saturated carbocycles. The summed E-state index contributed by atoms with van der Waals surface area (Å²) in [6, 6.07) is 5.14. The minimum absolute atomic E-state index is 0.0162. The molecule has 0 aliphatic heterocycles. The third kappa shape index (κ3) is 4.71. The number of carbonyl (C=O) groups is 2. The zero-order valence-electron chi connectivity index (χ0n) is 10.1. The van der Waals surface area contributed by atoms with Crippen LogP contribution in [0.25, 0.3) is 0 Å². The number of ketones is 1. The molecule has 1 fully saturated rings. The minimum Gasteiger partial charge on any atom is -0.353 e. The largest absolute Gasteiger partial charge is 0.353 e. The van der Waals surface area contributed by atoms with Crippen molar-refractivity contribution in [1.29, 1.82) is 0 Å². The van der Waals surface area contributed by atoms with Crippen molar-refractivity contribution >= 4 is 46.7 Å². The van der Waals surface area contributed by atoms with Crippen LogP contribution in [0.15, 0.2) is 18.2 Å². The summed E-state index contributed by atoms with van der Waals surface area (Å²) in [6.45, 7) is 0. The number of hydrogen-bond acceptors (Lipinski definition) is 3. The molecule has 0 aromatic heterocycles. The first kappa shape index (κ1) is 14.7. The van der Waals surface area contributed by atoms with Crippen LogP contribution in [0, 0.1) is 0 Å². The summed E-state index contributed by atoms with van der Waals surface area (Å²) in [4.78, 5) is 23.4. The van der Waals surface area contributed by atoms with Gasteiger partial charge < -0.3 is 5.32 Å². The normalized spacial score (nSPS) is 14.2. The zero-order chi connectivity index (χ0) is 13.8. The molecular formula is C13H13Cl2NO2S. The second-order valence-electron chi connectivity index (χ2n) is 4.38. The van der Waals surface area contributed by atoms with Gasteiger partial charge in [-0.3, -0.25) is 9.59 Å². The van der Waals surface area contributed by atoms with E-state index in [0.717, 1.165) is 12.8 Å². The average molecular weight is 318 g/mol. The van der Waals surface area contributed by atoms with Gasteiger partial charge in [0.1, 0.15) is 0 Å². The first-order valence-electron chi connectivity index (χ1n) is 5.91. The van der Waals surface area contributed by atoms with Crippen LogP contribution in [0.3, 0.4) is 0 Å². The molecule has 2 rings (SSSR count). The Morgan fingerprint density at radius 2 is 2.00 bits per heavy atom. The monoisotopic (exact) mass is 317 g/mol. The average Bonchev–Trinajstić information content (AvgIpc) is 3.16. The number of hydrogen-bond donors (Lipinski definition) is 1. The number of carbonyl (C=O) groups excluding carboxylic acids is 2. The SMILES string of the molecule is O=C(CSCC(=O)c1cc(Cl)ccc1Cl)NC1CC1. The summed E-state index contributed by atoms with van der Waals surface area (Å²) in [5, 5.41) is 3.73. The molecule has 6 heteroatoms. The summed E-state index contributed by atoms with van der Waals surface area (Å²) < 4.78 is 0. The van der Waals surface area contributed by atoms with Gasteiger partial charge in [-0.05, 0) is 31.0 Å². The van der Waals surface area contributed by atoms with E-state index in [4.69, 9.17) is 23.2 Å². The Morgan fingerprint density at radius 3 is 2.68 bits per heavy atom. The Morgan fingerprint density at radius 1 is 1.26 bits per heavy atom. The van der Waals surface area contributed by atoms with Crippen molar-refractivity contribution in [2.45, 2.75) is 18.9 Å². The molecular weight excluding hydrogens is 305 g/mol. The molecule has 1 aliphatic carbocycles. The Hall–Kier alpha value is -0.710. The van der Waals surface area contributed by atoms with Gasteiger partial charge in [0.2, 0.25) is 5.91 Å². The minimum atomic E-state index is -0.114. The molecule has 19 heavy (non-hydrogen) atoms. The number of nitrogens with one attached hydrogen (secondary N) is 1. The summed E-state index contributed by atoms with van der Waals surface area (Å²) in [5.74, 6) is 0.382. The van der Waals surface area contributed by atoms with Gasteiger partial charge in [0.25, 0.3) is 0 Å². The summed E-state index contributed by atoms with van der Waals surface area (Å²) >= 11 is 13.1. The van der Waals surface area contributed by atoms with Gasteiger partial charge >= 0.3 is 0 Å². The van der Waals surface area contributed by atoms with E-state index in [1.807, 2.05) is 0 Å². The lowest BCUT2D eigenvalue weighted by Gasteiger charge is -2.05. The zero-order valence-corrected chi connectivity index (χ0v) is 12.4. The smallest absolute Gasteiger partial charge is 0.230 e. The Labute approximate surface area is 126 Å². The number of thioether (sulfide) groups is 1. The van der Waals surface area contributed by atoms with Crippen LogP contribution in [0.4, 0.5) is 0 Å². The Bertz CT molecular complexity index is 503. The predicted octanol–water partition coefficient (Wildman–Crippen LogP) is 3.19. The van der Waals surface area contributed by atoms with E-state index < -0.39 is 0 Å². The topological polar surface area (TPSA) is 46.2 Å². The molecule has 0 unspecified atom stereocenters. The second-order valence-corrected chi connectivity index (χ2v) is 6.21. The van der Waals surface area contributed by atoms with Crippen LogP contribution in [-0.2, 0) is 4.79 Å². The lowest BCUT2D eigenvalue weighted by molar-refractivity contribution is -0.118. The van der Waals surface area contributed by atoms with Crippen molar-refractivity contribution in [2.24, 2.45) is 0 Å². The lowest BCUT2D eigenvalue weighted by atomic mass is 10.1. The van der Waals surface area contributed by atoms with Crippen LogP contribution >= 0.6 is 35.0 Å². The van der Waals surface area contributed by atoms with Crippen molar-refractivity contribution < 1.29 is 9.59 Å². The Kier molecular flexibility index (Phi) is 5.13. The van der Waals surface area contributed by atoms with Crippen molar-refractivity contribution in [1.82, 2.24) is 5.32 Å². The fraction of sp³-hybridized carbons (Fsp3) is 0.385. The maximum Gasteiger partial charge on any atom is 0.230 e. The van der Waals surface area contributed by atoms with Crippen LogP contribution < -0.4 is 5.32 Å². The van der Waals surface area contributed by atoms with Gasteiger partial charge in [-0.25, -0.2) is 0 Å². The third-order valence-electron chi connectivity index (χ3n) is 2.64. The molecule has 1 N–H and O–H groups in total. The molecule has 1 aliphatic rings. The fourth-order valence-corrected chi connectivity index (χ4v) is 2.63. The Balaban J connectivity index is 1.80. The van der Waals surface area contributed by atoms with Crippen molar-refractivity contribution in [3.8, 4) is 0 Å². The second kappa shape index (κ2) is 6.64. The van der Waals surface area contributed by atoms with Gasteiger partial charge in [-0.1, -0.05) is 23.2 Å². The maximum atomic E-state index is 11.9. The molecule has 0 bridgehead atoms. The van der Waals surface area contributed by atoms with E-state index in [1.165, 1.54) is 11.8 Å². The van der Waals surface area contributed by atoms with Gasteiger partial charge in [0, 0.05) is 16.6 Å². The first-order valence-corrected chi connectivity index (χ1v) is 7.82. The highest BCUT2D eigenvalue weighted by Crippen LogP contribution is 2.22. The fourth-order valence-electron chi connectivity index (χ4n) is 1.52. The molecule has 0 heterocycles. The number of rotatable bonds is 6. The van der Waals surface area contributed by atoms with Gasteiger partial charge in [0.05, 0.1) is 16.5 Å². The highest BCUT2D eigenvalue weighted by molar-refractivity contribution is 8.00. The van der Waals surface area contributed by atoms with Crippen molar-refractivity contribution in [3.63, 3.8) is 0 Å².